The number of thiazole rings is 1. The molecule has 5 heterocycles. The van der Waals surface area contributed by atoms with E-state index in [9.17, 15) is 0 Å². The number of anilines is 3. The van der Waals surface area contributed by atoms with Crippen LogP contribution in [0.4, 0.5) is 17.2 Å². The monoisotopic (exact) mass is 403 g/mol. The fourth-order valence-corrected chi connectivity index (χ4v) is 4.60. The smallest absolute Gasteiger partial charge is 0.157 e. The number of hydrogen-bond donors (Lipinski definition) is 2. The van der Waals surface area contributed by atoms with Gasteiger partial charge in [-0.25, -0.2) is 9.97 Å². The Morgan fingerprint density at radius 3 is 2.93 bits per heavy atom. The predicted octanol–water partition coefficient (Wildman–Crippen LogP) is 3.82. The second-order valence-electron chi connectivity index (χ2n) is 7.11. The standard InChI is InChI=1S/C21H21N7S/c22-14-4-3-11-28(13-14)17-6-9-23-12-16(17)26-20-19-18(7-10-25-20)29-21(27-19)15-5-1-2-8-24-15/h1-2,5-10,12,14H,3-4,11,13,22H2,(H,25,26). The molecule has 1 saturated heterocycles. The lowest BCUT2D eigenvalue weighted by Crippen LogP contribution is -2.43. The number of nitrogens with zero attached hydrogens (tertiary/aromatic N) is 5. The van der Waals surface area contributed by atoms with Crippen molar-refractivity contribution < 1.29 is 0 Å². The number of nitrogens with two attached hydrogens (primary N) is 1. The molecule has 1 fully saturated rings. The molecule has 0 radical (unpaired) electrons. The summed E-state index contributed by atoms with van der Waals surface area (Å²) in [6.07, 6.45) is 9.40. The van der Waals surface area contributed by atoms with Gasteiger partial charge in [-0.2, -0.15) is 0 Å². The van der Waals surface area contributed by atoms with Crippen molar-refractivity contribution in [2.75, 3.05) is 23.3 Å². The quantitative estimate of drug-likeness (QED) is 0.535. The van der Waals surface area contributed by atoms with E-state index in [0.29, 0.717) is 0 Å². The highest BCUT2D eigenvalue weighted by molar-refractivity contribution is 7.21. The number of hydrogen-bond acceptors (Lipinski definition) is 8. The van der Waals surface area contributed by atoms with Gasteiger partial charge in [-0.15, -0.1) is 11.3 Å². The van der Waals surface area contributed by atoms with Crippen LogP contribution in [0.2, 0.25) is 0 Å². The Hall–Kier alpha value is -3.10. The molecule has 0 aromatic carbocycles. The van der Waals surface area contributed by atoms with Gasteiger partial charge >= 0.3 is 0 Å². The second kappa shape index (κ2) is 7.73. The Bertz CT molecular complexity index is 1130. The first kappa shape index (κ1) is 18.0. The summed E-state index contributed by atoms with van der Waals surface area (Å²) in [5.41, 5.74) is 9.90. The van der Waals surface area contributed by atoms with Crippen LogP contribution in [0, 0.1) is 0 Å². The summed E-state index contributed by atoms with van der Waals surface area (Å²) >= 11 is 1.61. The van der Waals surface area contributed by atoms with Gasteiger partial charge in [-0.1, -0.05) is 6.07 Å². The van der Waals surface area contributed by atoms with Crippen LogP contribution in [0.5, 0.6) is 0 Å². The number of aromatic nitrogens is 4. The van der Waals surface area contributed by atoms with Crippen LogP contribution >= 0.6 is 11.3 Å². The van der Waals surface area contributed by atoms with E-state index in [1.165, 1.54) is 0 Å². The average Bonchev–Trinajstić information content (AvgIpc) is 3.20. The van der Waals surface area contributed by atoms with Crippen molar-refractivity contribution in [1.29, 1.82) is 0 Å². The normalized spacial score (nSPS) is 16.9. The van der Waals surface area contributed by atoms with Crippen molar-refractivity contribution in [3.8, 4) is 10.7 Å². The molecule has 8 heteroatoms. The summed E-state index contributed by atoms with van der Waals surface area (Å²) in [5, 5.41) is 4.34. The first-order chi connectivity index (χ1) is 14.3. The average molecular weight is 404 g/mol. The van der Waals surface area contributed by atoms with Crippen molar-refractivity contribution in [2.24, 2.45) is 5.73 Å². The van der Waals surface area contributed by atoms with Crippen LogP contribution in [0.1, 0.15) is 12.8 Å². The van der Waals surface area contributed by atoms with Crippen molar-refractivity contribution >= 4 is 38.7 Å². The molecule has 1 atom stereocenters. The topological polar surface area (TPSA) is 92.8 Å². The van der Waals surface area contributed by atoms with E-state index in [1.807, 2.05) is 42.7 Å². The predicted molar refractivity (Wildman–Crippen MR) is 118 cm³/mol. The lowest BCUT2D eigenvalue weighted by Gasteiger charge is -2.33. The molecule has 0 amide bonds. The van der Waals surface area contributed by atoms with Gasteiger partial charge in [0.2, 0.25) is 0 Å². The third-order valence-electron chi connectivity index (χ3n) is 5.04. The van der Waals surface area contributed by atoms with Gasteiger partial charge in [-0.3, -0.25) is 9.97 Å². The van der Waals surface area contributed by atoms with E-state index in [1.54, 1.807) is 23.7 Å². The molecular weight excluding hydrogens is 382 g/mol. The number of rotatable bonds is 4. The molecule has 7 nitrogen and oxygen atoms in total. The van der Waals surface area contributed by atoms with Gasteiger partial charge in [0.1, 0.15) is 10.5 Å². The van der Waals surface area contributed by atoms with E-state index in [-0.39, 0.29) is 6.04 Å². The molecule has 1 aliphatic heterocycles. The van der Waals surface area contributed by atoms with Crippen molar-refractivity contribution in [2.45, 2.75) is 18.9 Å². The first-order valence-electron chi connectivity index (χ1n) is 9.66. The van der Waals surface area contributed by atoms with E-state index < -0.39 is 0 Å². The van der Waals surface area contributed by atoms with Crippen LogP contribution in [-0.4, -0.2) is 39.1 Å². The number of fused-ring (bicyclic) bond motifs is 1. The second-order valence-corrected chi connectivity index (χ2v) is 8.14. The summed E-state index contributed by atoms with van der Waals surface area (Å²) in [6.45, 7) is 1.83. The Balaban J connectivity index is 1.51. The lowest BCUT2D eigenvalue weighted by atomic mass is 10.1. The Morgan fingerprint density at radius 1 is 1.10 bits per heavy atom. The van der Waals surface area contributed by atoms with Gasteiger partial charge in [0, 0.05) is 37.7 Å². The molecule has 5 rings (SSSR count). The van der Waals surface area contributed by atoms with Crippen LogP contribution in [0.3, 0.4) is 0 Å². The molecule has 0 saturated carbocycles. The molecule has 0 bridgehead atoms. The lowest BCUT2D eigenvalue weighted by molar-refractivity contribution is 0.506. The largest absolute Gasteiger partial charge is 0.368 e. The van der Waals surface area contributed by atoms with Gasteiger partial charge in [0.15, 0.2) is 5.82 Å². The SMILES string of the molecule is NC1CCCN(c2ccncc2Nc2nccc3sc(-c4ccccn4)nc23)C1. The van der Waals surface area contributed by atoms with E-state index >= 15 is 0 Å². The number of piperidine rings is 1. The summed E-state index contributed by atoms with van der Waals surface area (Å²) in [7, 11) is 0. The molecular formula is C21H21N7S. The van der Waals surface area contributed by atoms with Gasteiger partial charge < -0.3 is 16.0 Å². The highest BCUT2D eigenvalue weighted by atomic mass is 32.1. The van der Waals surface area contributed by atoms with Crippen molar-refractivity contribution in [1.82, 2.24) is 19.9 Å². The van der Waals surface area contributed by atoms with Crippen molar-refractivity contribution in [3.05, 3.63) is 55.1 Å². The van der Waals surface area contributed by atoms with Crippen LogP contribution in [0.15, 0.2) is 55.1 Å². The number of nitrogens with one attached hydrogen (secondary N) is 1. The molecule has 0 aliphatic carbocycles. The van der Waals surface area contributed by atoms with Crippen LogP contribution in [0.25, 0.3) is 20.9 Å². The van der Waals surface area contributed by atoms with E-state index in [2.05, 4.69) is 25.2 Å². The van der Waals surface area contributed by atoms with Gasteiger partial charge in [-0.05, 0) is 37.1 Å². The maximum Gasteiger partial charge on any atom is 0.157 e. The molecule has 146 valence electrons. The third-order valence-corrected chi connectivity index (χ3v) is 6.08. The molecule has 1 aliphatic rings. The molecule has 4 aromatic rings. The maximum atomic E-state index is 6.19. The fraction of sp³-hybridized carbons (Fsp3) is 0.238. The highest BCUT2D eigenvalue weighted by Crippen LogP contribution is 2.35. The minimum atomic E-state index is 0.200. The molecule has 29 heavy (non-hydrogen) atoms. The number of pyridine rings is 3. The van der Waals surface area contributed by atoms with Gasteiger partial charge in [0.05, 0.1) is 28.0 Å². The first-order valence-corrected chi connectivity index (χ1v) is 10.5. The highest BCUT2D eigenvalue weighted by Gasteiger charge is 2.20. The molecule has 1 unspecified atom stereocenters. The minimum absolute atomic E-state index is 0.200. The van der Waals surface area contributed by atoms with Gasteiger partial charge in [0.25, 0.3) is 0 Å². The Kier molecular flexibility index (Phi) is 4.79. The third kappa shape index (κ3) is 3.64. The zero-order valence-electron chi connectivity index (χ0n) is 15.8. The van der Waals surface area contributed by atoms with E-state index in [0.717, 1.165) is 64.0 Å². The van der Waals surface area contributed by atoms with Crippen molar-refractivity contribution in [3.63, 3.8) is 0 Å². The van der Waals surface area contributed by atoms with Crippen LogP contribution < -0.4 is 16.0 Å². The summed E-state index contributed by atoms with van der Waals surface area (Å²) in [5.74, 6) is 0.719. The zero-order chi connectivity index (χ0) is 19.6. The fourth-order valence-electron chi connectivity index (χ4n) is 3.66. The summed E-state index contributed by atoms with van der Waals surface area (Å²) < 4.78 is 1.06. The summed E-state index contributed by atoms with van der Waals surface area (Å²) in [6, 6.07) is 10.1. The maximum absolute atomic E-state index is 6.19. The summed E-state index contributed by atoms with van der Waals surface area (Å²) in [4.78, 5) is 20.4. The molecule has 3 N–H and O–H groups in total. The zero-order valence-corrected chi connectivity index (χ0v) is 16.6. The minimum Gasteiger partial charge on any atom is -0.368 e. The Morgan fingerprint density at radius 2 is 2.07 bits per heavy atom. The van der Waals surface area contributed by atoms with E-state index in [4.69, 9.17) is 10.7 Å². The molecule has 0 spiro atoms. The van der Waals surface area contributed by atoms with Crippen LogP contribution in [-0.2, 0) is 0 Å². The molecule has 4 aromatic heterocycles. The Labute approximate surface area is 172 Å².